The second-order valence-electron chi connectivity index (χ2n) is 7.18. The maximum Gasteiger partial charge on any atom is 0.302 e. The van der Waals surface area contributed by atoms with Crippen LogP contribution in [0.3, 0.4) is 0 Å². The van der Waals surface area contributed by atoms with Crippen molar-refractivity contribution in [2.75, 3.05) is 18.5 Å². The molecule has 1 aliphatic rings. The van der Waals surface area contributed by atoms with Gasteiger partial charge in [0.05, 0.1) is 17.1 Å². The number of fused-ring (bicyclic) bond motifs is 1. The number of rotatable bonds is 7. The predicted octanol–water partition coefficient (Wildman–Crippen LogP) is 3.00. The lowest BCUT2D eigenvalue weighted by Gasteiger charge is -2.16. The molecule has 0 spiro atoms. The molecule has 1 unspecified atom stereocenters. The summed E-state index contributed by atoms with van der Waals surface area (Å²) >= 11 is 0. The van der Waals surface area contributed by atoms with Crippen molar-refractivity contribution < 1.29 is 14.3 Å². The molecule has 0 aliphatic carbocycles. The van der Waals surface area contributed by atoms with Gasteiger partial charge in [0.15, 0.2) is 0 Å². The Morgan fingerprint density at radius 3 is 3.00 bits per heavy atom. The van der Waals surface area contributed by atoms with Crippen LogP contribution in [0.2, 0.25) is 0 Å². The van der Waals surface area contributed by atoms with E-state index in [1.165, 1.54) is 13.3 Å². The van der Waals surface area contributed by atoms with Gasteiger partial charge in [0.25, 0.3) is 0 Å². The quantitative estimate of drug-likeness (QED) is 0.746. The van der Waals surface area contributed by atoms with Crippen molar-refractivity contribution in [3.05, 3.63) is 18.1 Å². The first-order valence-electron chi connectivity index (χ1n) is 9.28. The highest BCUT2D eigenvalue weighted by Gasteiger charge is 2.29. The van der Waals surface area contributed by atoms with Crippen LogP contribution in [-0.4, -0.2) is 39.8 Å². The molecule has 2 aromatic heterocycles. The van der Waals surface area contributed by atoms with E-state index in [9.17, 15) is 10.1 Å². The minimum absolute atomic E-state index is 0.146. The van der Waals surface area contributed by atoms with Gasteiger partial charge in [-0.1, -0.05) is 13.8 Å². The summed E-state index contributed by atoms with van der Waals surface area (Å²) in [5.41, 5.74) is 1.19. The lowest BCUT2D eigenvalue weighted by molar-refractivity contribution is -0.145. The van der Waals surface area contributed by atoms with Gasteiger partial charge in [-0.3, -0.25) is 4.79 Å². The molecule has 1 fully saturated rings. The average Bonchev–Trinajstić information content (AvgIpc) is 3.24. The third kappa shape index (κ3) is 4.37. The molecule has 0 saturated carbocycles. The molecule has 27 heavy (non-hydrogen) atoms. The second-order valence-corrected chi connectivity index (χ2v) is 7.18. The Bertz CT molecular complexity index is 855. The fraction of sp³-hybridized carbons (Fsp3) is 0.579. The van der Waals surface area contributed by atoms with E-state index in [1.807, 2.05) is 4.57 Å². The van der Waals surface area contributed by atoms with E-state index >= 15 is 0 Å². The van der Waals surface area contributed by atoms with E-state index in [-0.39, 0.29) is 24.9 Å². The minimum Gasteiger partial charge on any atom is -0.463 e. The fourth-order valence-corrected chi connectivity index (χ4v) is 3.23. The number of ether oxygens (including phenoxy) is 2. The summed E-state index contributed by atoms with van der Waals surface area (Å²) in [4.78, 5) is 19.7. The van der Waals surface area contributed by atoms with Crippen molar-refractivity contribution in [3.63, 3.8) is 0 Å². The number of carbonyl (C=O) groups is 1. The summed E-state index contributed by atoms with van der Waals surface area (Å²) in [6, 6.07) is 2.24. The number of carbonyl (C=O) groups excluding carboxylic acids is 1. The van der Waals surface area contributed by atoms with Crippen LogP contribution in [0.25, 0.3) is 11.0 Å². The zero-order valence-electron chi connectivity index (χ0n) is 15.9. The number of hydrogen-bond donors (Lipinski definition) is 1. The number of hydrogen-bond acceptors (Lipinski definition) is 7. The summed E-state index contributed by atoms with van der Waals surface area (Å²) in [6.45, 7) is 6.74. The smallest absolute Gasteiger partial charge is 0.302 e. The van der Waals surface area contributed by atoms with Crippen molar-refractivity contribution in [2.45, 2.75) is 52.4 Å². The SMILES string of the molecule is CC(=O)OCC1CC[C@H](n2cc(C#N)c3c(NCCC(C)C)ncnc32)O1. The van der Waals surface area contributed by atoms with Gasteiger partial charge in [-0.15, -0.1) is 0 Å². The van der Waals surface area contributed by atoms with Crippen LogP contribution in [0.1, 0.15) is 51.8 Å². The summed E-state index contributed by atoms with van der Waals surface area (Å²) < 4.78 is 12.9. The Balaban J connectivity index is 1.83. The summed E-state index contributed by atoms with van der Waals surface area (Å²) in [6.07, 6.45) is 5.44. The topological polar surface area (TPSA) is 102 Å². The molecule has 1 aliphatic heterocycles. The highest BCUT2D eigenvalue weighted by molar-refractivity contribution is 5.93. The monoisotopic (exact) mass is 371 g/mol. The van der Waals surface area contributed by atoms with Gasteiger partial charge in [0.2, 0.25) is 0 Å². The molecular weight excluding hydrogens is 346 g/mol. The Morgan fingerprint density at radius 2 is 2.30 bits per heavy atom. The third-order valence-corrected chi connectivity index (χ3v) is 4.61. The standard InChI is InChI=1S/C19H25N5O3/c1-12(2)6-7-21-18-17-14(8-20)9-24(19(17)23-11-22-18)16-5-4-15(27-16)10-26-13(3)25/h9,11-12,15-16H,4-7,10H2,1-3H3,(H,21,22,23)/t15?,16-/m1/s1. The van der Waals surface area contributed by atoms with Crippen LogP contribution in [0.15, 0.2) is 12.5 Å². The van der Waals surface area contributed by atoms with Crippen LogP contribution in [-0.2, 0) is 14.3 Å². The Kier molecular flexibility index (Phi) is 5.91. The van der Waals surface area contributed by atoms with E-state index in [0.29, 0.717) is 22.9 Å². The second kappa shape index (κ2) is 8.35. The molecule has 0 bridgehead atoms. The van der Waals surface area contributed by atoms with Crippen LogP contribution >= 0.6 is 0 Å². The number of anilines is 1. The van der Waals surface area contributed by atoms with E-state index in [1.54, 1.807) is 6.20 Å². The van der Waals surface area contributed by atoms with Gasteiger partial charge in [-0.05, 0) is 25.2 Å². The molecule has 3 rings (SSSR count). The van der Waals surface area contributed by atoms with Crippen LogP contribution in [0.4, 0.5) is 5.82 Å². The van der Waals surface area contributed by atoms with E-state index < -0.39 is 0 Å². The van der Waals surface area contributed by atoms with Gasteiger partial charge in [0, 0.05) is 19.7 Å². The molecule has 0 aromatic carbocycles. The molecule has 2 atom stereocenters. The minimum atomic E-state index is -0.315. The van der Waals surface area contributed by atoms with Crippen LogP contribution in [0.5, 0.6) is 0 Å². The first-order valence-corrected chi connectivity index (χ1v) is 9.28. The van der Waals surface area contributed by atoms with Crippen molar-refractivity contribution in [3.8, 4) is 6.07 Å². The molecule has 2 aromatic rings. The number of aromatic nitrogens is 3. The summed E-state index contributed by atoms with van der Waals surface area (Å²) in [5, 5.41) is 13.6. The van der Waals surface area contributed by atoms with Gasteiger partial charge >= 0.3 is 5.97 Å². The Morgan fingerprint density at radius 1 is 1.48 bits per heavy atom. The van der Waals surface area contributed by atoms with Crippen molar-refractivity contribution in [1.29, 1.82) is 5.26 Å². The number of esters is 1. The number of nitrogens with zero attached hydrogens (tertiary/aromatic N) is 4. The first kappa shape index (κ1) is 19.1. The fourth-order valence-electron chi connectivity index (χ4n) is 3.23. The average molecular weight is 371 g/mol. The van der Waals surface area contributed by atoms with Crippen molar-refractivity contribution in [2.24, 2.45) is 5.92 Å². The lowest BCUT2D eigenvalue weighted by atomic mass is 10.1. The predicted molar refractivity (Wildman–Crippen MR) is 100.0 cm³/mol. The summed E-state index contributed by atoms with van der Waals surface area (Å²) in [5.74, 6) is 0.936. The van der Waals surface area contributed by atoms with Gasteiger partial charge in [-0.2, -0.15) is 5.26 Å². The van der Waals surface area contributed by atoms with Crippen molar-refractivity contribution >= 4 is 22.8 Å². The maximum atomic E-state index is 11.0. The molecule has 144 valence electrons. The Hall–Kier alpha value is -2.66. The van der Waals surface area contributed by atoms with E-state index in [2.05, 4.69) is 35.2 Å². The van der Waals surface area contributed by atoms with Gasteiger partial charge in [-0.25, -0.2) is 9.97 Å². The van der Waals surface area contributed by atoms with E-state index in [4.69, 9.17) is 9.47 Å². The van der Waals surface area contributed by atoms with Gasteiger partial charge < -0.3 is 19.4 Å². The van der Waals surface area contributed by atoms with Crippen molar-refractivity contribution in [1.82, 2.24) is 14.5 Å². The number of nitriles is 1. The first-order chi connectivity index (χ1) is 13.0. The molecule has 3 heterocycles. The molecule has 8 heteroatoms. The summed E-state index contributed by atoms with van der Waals surface area (Å²) in [7, 11) is 0. The van der Waals surface area contributed by atoms with Crippen LogP contribution in [0, 0.1) is 17.2 Å². The largest absolute Gasteiger partial charge is 0.463 e. The highest BCUT2D eigenvalue weighted by Crippen LogP contribution is 2.34. The zero-order chi connectivity index (χ0) is 19.4. The highest BCUT2D eigenvalue weighted by atomic mass is 16.6. The van der Waals surface area contributed by atoms with Crippen LogP contribution < -0.4 is 5.32 Å². The Labute approximate surface area is 158 Å². The maximum absolute atomic E-state index is 11.0. The van der Waals surface area contributed by atoms with E-state index in [0.717, 1.165) is 31.2 Å². The lowest BCUT2D eigenvalue weighted by Crippen LogP contribution is -2.18. The molecule has 0 amide bonds. The normalized spacial score (nSPS) is 19.4. The zero-order valence-corrected chi connectivity index (χ0v) is 15.9. The molecule has 1 N–H and O–H groups in total. The molecule has 1 saturated heterocycles. The molecule has 8 nitrogen and oxygen atoms in total. The number of nitrogens with one attached hydrogen (secondary N) is 1. The third-order valence-electron chi connectivity index (χ3n) is 4.61. The molecular formula is C19H25N5O3. The molecule has 0 radical (unpaired) electrons. The van der Waals surface area contributed by atoms with Gasteiger partial charge in [0.1, 0.15) is 36.7 Å².